The summed E-state index contributed by atoms with van der Waals surface area (Å²) in [6.07, 6.45) is -0.904. The van der Waals surface area contributed by atoms with Gasteiger partial charge in [0.25, 0.3) is 0 Å². The van der Waals surface area contributed by atoms with Crippen molar-refractivity contribution in [2.45, 2.75) is 26.0 Å². The zero-order valence-corrected chi connectivity index (χ0v) is 13.5. The third kappa shape index (κ3) is 2.36. The van der Waals surface area contributed by atoms with Gasteiger partial charge < -0.3 is 10.1 Å². The lowest BCUT2D eigenvalue weighted by molar-refractivity contribution is 0.144. The first-order valence-corrected chi connectivity index (χ1v) is 7.88. The zero-order chi connectivity index (χ0) is 16.8. The Morgan fingerprint density at radius 2 is 1.83 bits per heavy atom. The third-order valence-electron chi connectivity index (χ3n) is 4.28. The quantitative estimate of drug-likeness (QED) is 0.584. The fraction of sp³-hybridized carbons (Fsp3) is 0.222. The van der Waals surface area contributed by atoms with Gasteiger partial charge in [0.05, 0.1) is 16.7 Å². The Morgan fingerprint density at radius 3 is 2.54 bits per heavy atom. The van der Waals surface area contributed by atoms with Gasteiger partial charge in [-0.1, -0.05) is 18.2 Å². The highest BCUT2D eigenvalue weighted by Crippen LogP contribution is 2.30. The highest BCUT2D eigenvalue weighted by Gasteiger charge is 2.40. The van der Waals surface area contributed by atoms with Gasteiger partial charge in [0, 0.05) is 0 Å². The summed E-state index contributed by atoms with van der Waals surface area (Å²) in [4.78, 5) is 7.75. The number of hydrogen-bond acceptors (Lipinski definition) is 4. The molecule has 2 heterocycles. The Balaban J connectivity index is 1.71. The molecule has 0 aliphatic carbocycles. The summed E-state index contributed by atoms with van der Waals surface area (Å²) >= 11 is 0. The first-order chi connectivity index (χ1) is 11.5. The lowest BCUT2D eigenvalue weighted by Gasteiger charge is -2.19. The fourth-order valence-corrected chi connectivity index (χ4v) is 3.26. The van der Waals surface area contributed by atoms with Crippen LogP contribution in [-0.2, 0) is 0 Å². The van der Waals surface area contributed by atoms with Gasteiger partial charge in [0.2, 0.25) is 0 Å². The van der Waals surface area contributed by atoms with E-state index in [9.17, 15) is 5.11 Å². The lowest BCUT2D eigenvalue weighted by Crippen LogP contribution is -2.37. The van der Waals surface area contributed by atoms with Crippen LogP contribution < -0.4 is 10.4 Å². The molecule has 0 spiro atoms. The van der Waals surface area contributed by atoms with Gasteiger partial charge in [-0.3, -0.25) is 10.4 Å². The van der Waals surface area contributed by atoms with Crippen LogP contribution >= 0.6 is 0 Å². The second-order valence-corrected chi connectivity index (χ2v) is 6.26. The van der Waals surface area contributed by atoms with E-state index in [1.165, 1.54) is 0 Å². The normalized spacial score (nSPS) is 21.0. The molecule has 1 aromatic heterocycles. The van der Waals surface area contributed by atoms with Crippen LogP contribution in [0.4, 0.5) is 5.69 Å². The van der Waals surface area contributed by atoms with Crippen LogP contribution in [0.25, 0.3) is 11.0 Å². The molecule has 2 aromatic carbocycles. The first kappa shape index (κ1) is 14.9. The number of benzene rings is 2. The molecule has 0 radical (unpaired) electrons. The number of aliphatic hydroxyl groups is 1. The Labute approximate surface area is 139 Å². The molecule has 122 valence electrons. The second-order valence-electron chi connectivity index (χ2n) is 6.26. The van der Waals surface area contributed by atoms with Gasteiger partial charge in [-0.05, 0) is 49.2 Å². The number of hydrogen-bond donors (Lipinski definition) is 4. The van der Waals surface area contributed by atoms with Gasteiger partial charge in [0.15, 0.2) is 0 Å². The van der Waals surface area contributed by atoms with Crippen molar-refractivity contribution in [3.05, 3.63) is 59.4 Å². The van der Waals surface area contributed by atoms with Gasteiger partial charge in [0.1, 0.15) is 23.8 Å². The van der Waals surface area contributed by atoms with Gasteiger partial charge in [-0.25, -0.2) is 4.98 Å². The van der Waals surface area contributed by atoms with Crippen molar-refractivity contribution in [1.29, 1.82) is 5.41 Å². The number of rotatable bonds is 2. The van der Waals surface area contributed by atoms with E-state index in [2.05, 4.69) is 21.5 Å². The molecule has 1 aliphatic heterocycles. The molecule has 0 bridgehead atoms. The molecule has 2 atom stereocenters. The summed E-state index contributed by atoms with van der Waals surface area (Å²) in [5.74, 6) is 0.317. The average molecular weight is 321 g/mol. The maximum absolute atomic E-state index is 10.5. The Bertz CT molecular complexity index is 879. The van der Waals surface area contributed by atoms with Crippen LogP contribution in [0.5, 0.6) is 0 Å². The van der Waals surface area contributed by atoms with E-state index in [1.54, 1.807) is 5.01 Å². The molecule has 24 heavy (non-hydrogen) atoms. The van der Waals surface area contributed by atoms with E-state index in [0.717, 1.165) is 27.8 Å². The van der Waals surface area contributed by atoms with E-state index in [0.29, 0.717) is 5.82 Å². The largest absolute Gasteiger partial charge is 0.376 e. The molecule has 0 amide bonds. The van der Waals surface area contributed by atoms with Crippen LogP contribution in [0, 0.1) is 19.3 Å². The van der Waals surface area contributed by atoms with E-state index in [4.69, 9.17) is 5.41 Å². The molecule has 1 fully saturated rings. The third-order valence-corrected chi connectivity index (χ3v) is 4.28. The molecular weight excluding hydrogens is 302 g/mol. The van der Waals surface area contributed by atoms with Crippen molar-refractivity contribution >= 4 is 22.6 Å². The van der Waals surface area contributed by atoms with Crippen molar-refractivity contribution < 1.29 is 5.11 Å². The van der Waals surface area contributed by atoms with Gasteiger partial charge in [-0.2, -0.15) is 5.43 Å². The number of anilines is 1. The molecular formula is C18H19N5O. The molecule has 6 heteroatoms. The number of imidazole rings is 1. The van der Waals surface area contributed by atoms with Crippen molar-refractivity contribution in [1.82, 2.24) is 15.4 Å². The predicted octanol–water partition coefficient (Wildman–Crippen LogP) is 2.58. The molecule has 2 unspecified atom stereocenters. The maximum Gasteiger partial charge on any atom is 0.139 e. The number of amidine groups is 1. The minimum absolute atomic E-state index is 0.270. The number of nitrogens with zero attached hydrogens (tertiary/aromatic N) is 2. The van der Waals surface area contributed by atoms with E-state index < -0.39 is 12.1 Å². The molecule has 0 saturated carbocycles. The summed E-state index contributed by atoms with van der Waals surface area (Å²) < 4.78 is 0. The summed E-state index contributed by atoms with van der Waals surface area (Å²) in [6.45, 7) is 4.03. The highest BCUT2D eigenvalue weighted by molar-refractivity contribution is 6.02. The van der Waals surface area contributed by atoms with Gasteiger partial charge in [-0.15, -0.1) is 0 Å². The van der Waals surface area contributed by atoms with Crippen LogP contribution in [0.3, 0.4) is 0 Å². The number of H-pyrrole nitrogens is 1. The van der Waals surface area contributed by atoms with Gasteiger partial charge >= 0.3 is 0 Å². The minimum Gasteiger partial charge on any atom is -0.376 e. The second kappa shape index (κ2) is 5.43. The number of aryl methyl sites for hydroxylation is 2. The standard InChI is InChI=1S/C18H19N5O/c1-10-7-11(2)9-12(8-10)23-16(19)15(18(24)22-23)17-20-13-5-3-4-6-14(13)21-17/h3-9,15,18-19,22,24H,1-2H3,(H,20,21). The van der Waals surface area contributed by atoms with E-state index in [-0.39, 0.29) is 5.84 Å². The molecule has 3 aromatic rings. The smallest absolute Gasteiger partial charge is 0.139 e. The van der Waals surface area contributed by atoms with Crippen molar-refractivity contribution in [3.63, 3.8) is 0 Å². The first-order valence-electron chi connectivity index (χ1n) is 7.88. The van der Waals surface area contributed by atoms with Crippen molar-refractivity contribution in [2.24, 2.45) is 0 Å². The summed E-state index contributed by atoms with van der Waals surface area (Å²) in [5, 5.41) is 20.6. The number of para-hydroxylation sites is 2. The fourth-order valence-electron chi connectivity index (χ4n) is 3.26. The summed E-state index contributed by atoms with van der Waals surface area (Å²) in [6, 6.07) is 13.8. The summed E-state index contributed by atoms with van der Waals surface area (Å²) in [5.41, 5.74) is 7.77. The Kier molecular flexibility index (Phi) is 3.37. The number of aromatic nitrogens is 2. The average Bonchev–Trinajstić information content (AvgIpc) is 3.06. The highest BCUT2D eigenvalue weighted by atomic mass is 16.3. The van der Waals surface area contributed by atoms with Crippen LogP contribution in [0.1, 0.15) is 22.9 Å². The predicted molar refractivity (Wildman–Crippen MR) is 94.1 cm³/mol. The van der Waals surface area contributed by atoms with Crippen molar-refractivity contribution in [2.75, 3.05) is 5.01 Å². The number of fused-ring (bicyclic) bond motifs is 1. The summed E-state index contributed by atoms with van der Waals surface area (Å²) in [7, 11) is 0. The van der Waals surface area contributed by atoms with Crippen molar-refractivity contribution in [3.8, 4) is 0 Å². The minimum atomic E-state index is -0.904. The monoisotopic (exact) mass is 321 g/mol. The number of nitrogens with one attached hydrogen (secondary N) is 3. The molecule has 4 N–H and O–H groups in total. The topological polar surface area (TPSA) is 88.0 Å². The molecule has 4 rings (SSSR count). The Hall–Kier alpha value is -2.70. The number of aromatic amines is 1. The van der Waals surface area contributed by atoms with Crippen LogP contribution in [0.15, 0.2) is 42.5 Å². The lowest BCUT2D eigenvalue weighted by atomic mass is 10.1. The van der Waals surface area contributed by atoms with E-state index in [1.807, 2.05) is 50.2 Å². The zero-order valence-electron chi connectivity index (χ0n) is 13.5. The molecule has 6 nitrogen and oxygen atoms in total. The SMILES string of the molecule is Cc1cc(C)cc(N2NC(O)C(c3nc4ccccc4[nH]3)C2=N)c1. The Morgan fingerprint density at radius 1 is 1.12 bits per heavy atom. The number of hydrazine groups is 1. The van der Waals surface area contributed by atoms with Crippen LogP contribution in [0.2, 0.25) is 0 Å². The molecule has 1 aliphatic rings. The van der Waals surface area contributed by atoms with Crippen LogP contribution in [-0.4, -0.2) is 27.1 Å². The number of aliphatic hydroxyl groups excluding tert-OH is 1. The maximum atomic E-state index is 10.5. The molecule has 1 saturated heterocycles. The van der Waals surface area contributed by atoms with E-state index >= 15 is 0 Å².